The molecule has 6 nitrogen and oxygen atoms in total. The van der Waals surface area contributed by atoms with Gasteiger partial charge in [0, 0.05) is 25.1 Å². The van der Waals surface area contributed by atoms with Crippen molar-refractivity contribution >= 4 is 29.7 Å². The van der Waals surface area contributed by atoms with E-state index < -0.39 is 12.0 Å². The minimum absolute atomic E-state index is 0.0696. The molecular formula is C13H17N3O3S. The predicted octanol–water partition coefficient (Wildman–Crippen LogP) is 1.20. The number of aromatic nitrogens is 2. The van der Waals surface area contributed by atoms with Crippen LogP contribution in [0, 0.1) is 0 Å². The molecule has 1 saturated heterocycles. The van der Waals surface area contributed by atoms with Crippen LogP contribution in [0.1, 0.15) is 19.0 Å². The fourth-order valence-corrected chi connectivity index (χ4v) is 3.51. The van der Waals surface area contributed by atoms with Crippen LogP contribution in [0.2, 0.25) is 0 Å². The van der Waals surface area contributed by atoms with Gasteiger partial charge in [0.25, 0.3) is 0 Å². The summed E-state index contributed by atoms with van der Waals surface area (Å²) in [5.74, 6) is -0.773. The van der Waals surface area contributed by atoms with Crippen LogP contribution in [0.5, 0.6) is 0 Å². The van der Waals surface area contributed by atoms with Crippen molar-refractivity contribution in [3.05, 3.63) is 24.0 Å². The van der Waals surface area contributed by atoms with Gasteiger partial charge in [0.15, 0.2) is 0 Å². The number of hydrogen-bond donors (Lipinski definition) is 1. The number of hydrogen-bond acceptors (Lipinski definition) is 4. The summed E-state index contributed by atoms with van der Waals surface area (Å²) < 4.78 is 1.65. The van der Waals surface area contributed by atoms with Gasteiger partial charge in [0.2, 0.25) is 5.91 Å². The number of rotatable bonds is 4. The second-order valence-electron chi connectivity index (χ2n) is 4.51. The third-order valence-corrected chi connectivity index (χ3v) is 4.69. The van der Waals surface area contributed by atoms with Gasteiger partial charge in [-0.3, -0.25) is 9.48 Å². The van der Waals surface area contributed by atoms with Crippen molar-refractivity contribution in [3.63, 3.8) is 0 Å². The zero-order valence-corrected chi connectivity index (χ0v) is 12.2. The van der Waals surface area contributed by atoms with Gasteiger partial charge in [-0.05, 0) is 18.6 Å². The van der Waals surface area contributed by atoms with Gasteiger partial charge in [0.1, 0.15) is 6.04 Å². The Bertz CT molecular complexity index is 541. The smallest absolute Gasteiger partial charge is 0.327 e. The Kier molecular flexibility index (Phi) is 4.49. The number of aliphatic carboxylic acids is 1. The molecule has 1 aliphatic heterocycles. The maximum atomic E-state index is 12.3. The van der Waals surface area contributed by atoms with E-state index in [1.165, 1.54) is 22.7 Å². The van der Waals surface area contributed by atoms with Crippen molar-refractivity contribution in [2.45, 2.75) is 24.8 Å². The van der Waals surface area contributed by atoms with E-state index in [1.807, 2.05) is 6.92 Å². The molecule has 1 aliphatic rings. The summed E-state index contributed by atoms with van der Waals surface area (Å²) in [7, 11) is 1.78. The second kappa shape index (κ2) is 6.13. The highest BCUT2D eigenvalue weighted by Crippen LogP contribution is 2.31. The van der Waals surface area contributed by atoms with Crippen molar-refractivity contribution in [3.8, 4) is 0 Å². The monoisotopic (exact) mass is 295 g/mol. The van der Waals surface area contributed by atoms with Crippen LogP contribution in [0.4, 0.5) is 0 Å². The molecule has 2 unspecified atom stereocenters. The molecule has 2 heterocycles. The van der Waals surface area contributed by atoms with Gasteiger partial charge in [-0.1, -0.05) is 6.92 Å². The first-order valence-electron chi connectivity index (χ1n) is 6.37. The molecule has 20 heavy (non-hydrogen) atoms. The summed E-state index contributed by atoms with van der Waals surface area (Å²) in [4.78, 5) is 24.9. The first-order valence-corrected chi connectivity index (χ1v) is 7.42. The van der Waals surface area contributed by atoms with Crippen molar-refractivity contribution in [2.24, 2.45) is 7.05 Å². The molecule has 2 atom stereocenters. The van der Waals surface area contributed by atoms with E-state index in [1.54, 1.807) is 30.1 Å². The van der Waals surface area contributed by atoms with Crippen LogP contribution in [-0.4, -0.2) is 48.8 Å². The lowest BCUT2D eigenvalue weighted by Crippen LogP contribution is -2.44. The second-order valence-corrected chi connectivity index (χ2v) is 5.72. The van der Waals surface area contributed by atoms with Crippen molar-refractivity contribution in [1.29, 1.82) is 0 Å². The van der Waals surface area contributed by atoms with Crippen LogP contribution in [-0.2, 0) is 16.6 Å². The average Bonchev–Trinajstić information content (AvgIpc) is 3.01. The topological polar surface area (TPSA) is 75.4 Å². The van der Waals surface area contributed by atoms with Crippen molar-refractivity contribution in [2.75, 3.05) is 5.75 Å². The fourth-order valence-electron chi connectivity index (χ4n) is 2.15. The molecule has 0 aliphatic carbocycles. The number of carbonyl (C=O) groups excluding carboxylic acids is 1. The highest BCUT2D eigenvalue weighted by atomic mass is 32.2. The van der Waals surface area contributed by atoms with Crippen molar-refractivity contribution in [1.82, 2.24) is 14.7 Å². The van der Waals surface area contributed by atoms with Crippen LogP contribution in [0.25, 0.3) is 6.08 Å². The number of carboxylic acid groups (broad SMARTS) is 1. The van der Waals surface area contributed by atoms with Crippen LogP contribution in [0.3, 0.4) is 0 Å². The highest BCUT2D eigenvalue weighted by molar-refractivity contribution is 8.00. The Labute approximate surface area is 121 Å². The SMILES string of the molecule is CCC1SCC(C(=O)O)N1C(=O)C=Cc1ccnn1C. The maximum absolute atomic E-state index is 12.3. The first-order chi connectivity index (χ1) is 9.54. The molecular weight excluding hydrogens is 278 g/mol. The maximum Gasteiger partial charge on any atom is 0.327 e. The summed E-state index contributed by atoms with van der Waals surface area (Å²) in [6, 6.07) is 1.04. The number of carbonyl (C=O) groups is 2. The van der Waals surface area contributed by atoms with Crippen LogP contribution in [0.15, 0.2) is 18.3 Å². The van der Waals surface area contributed by atoms with Gasteiger partial charge in [0.05, 0.1) is 11.1 Å². The molecule has 7 heteroatoms. The number of thioether (sulfide) groups is 1. The van der Waals surface area contributed by atoms with E-state index in [9.17, 15) is 14.7 Å². The predicted molar refractivity (Wildman–Crippen MR) is 77.0 cm³/mol. The minimum atomic E-state index is -0.948. The van der Waals surface area contributed by atoms with E-state index in [2.05, 4.69) is 5.10 Å². The molecule has 0 radical (unpaired) electrons. The molecule has 0 aromatic carbocycles. The summed E-state index contributed by atoms with van der Waals surface area (Å²) in [6.45, 7) is 1.95. The molecule has 1 N–H and O–H groups in total. The molecule has 1 aromatic rings. The summed E-state index contributed by atoms with van der Waals surface area (Å²) in [6.07, 6.45) is 5.45. The van der Waals surface area contributed by atoms with Gasteiger partial charge in [-0.2, -0.15) is 5.10 Å². The molecule has 0 saturated carbocycles. The lowest BCUT2D eigenvalue weighted by molar-refractivity contribution is -0.147. The van der Waals surface area contributed by atoms with Crippen molar-refractivity contribution < 1.29 is 14.7 Å². The lowest BCUT2D eigenvalue weighted by Gasteiger charge is -2.25. The number of amides is 1. The number of aryl methyl sites for hydroxylation is 1. The quantitative estimate of drug-likeness (QED) is 0.845. The molecule has 1 aromatic heterocycles. The normalized spacial score (nSPS) is 22.6. The Morgan fingerprint density at radius 2 is 2.35 bits per heavy atom. The molecule has 1 fully saturated rings. The minimum Gasteiger partial charge on any atom is -0.480 e. The lowest BCUT2D eigenvalue weighted by atomic mass is 10.2. The molecule has 2 rings (SSSR count). The highest BCUT2D eigenvalue weighted by Gasteiger charge is 2.39. The molecule has 108 valence electrons. The standard InChI is InChI=1S/C13H17N3O3S/c1-3-12-16(10(8-20-12)13(18)19)11(17)5-4-9-6-7-14-15(9)2/h4-7,10,12H,3,8H2,1-2H3,(H,18,19). The van der Waals surface area contributed by atoms with E-state index in [4.69, 9.17) is 0 Å². The Morgan fingerprint density at radius 3 is 2.90 bits per heavy atom. The zero-order chi connectivity index (χ0) is 14.7. The van der Waals surface area contributed by atoms with E-state index in [-0.39, 0.29) is 11.3 Å². The molecule has 0 spiro atoms. The van der Waals surface area contributed by atoms with Gasteiger partial charge in [-0.15, -0.1) is 11.8 Å². The third kappa shape index (κ3) is 2.87. The van der Waals surface area contributed by atoms with Crippen LogP contribution < -0.4 is 0 Å². The van der Waals surface area contributed by atoms with E-state index in [0.29, 0.717) is 5.75 Å². The Morgan fingerprint density at radius 1 is 1.60 bits per heavy atom. The summed E-state index contributed by atoms with van der Waals surface area (Å²) in [5, 5.41) is 13.1. The Hall–Kier alpha value is -1.76. The molecule has 1 amide bonds. The third-order valence-electron chi connectivity index (χ3n) is 3.24. The number of nitrogens with zero attached hydrogens (tertiary/aromatic N) is 3. The van der Waals surface area contributed by atoms with Crippen LogP contribution >= 0.6 is 11.8 Å². The Balaban J connectivity index is 2.15. The largest absolute Gasteiger partial charge is 0.480 e. The summed E-state index contributed by atoms with van der Waals surface area (Å²) in [5.41, 5.74) is 0.796. The van der Waals surface area contributed by atoms with Gasteiger partial charge < -0.3 is 10.0 Å². The van der Waals surface area contributed by atoms with Gasteiger partial charge in [-0.25, -0.2) is 4.79 Å². The zero-order valence-electron chi connectivity index (χ0n) is 11.4. The first kappa shape index (κ1) is 14.6. The van der Waals surface area contributed by atoms with E-state index >= 15 is 0 Å². The molecule has 0 bridgehead atoms. The van der Waals surface area contributed by atoms with Gasteiger partial charge >= 0.3 is 5.97 Å². The van der Waals surface area contributed by atoms with E-state index in [0.717, 1.165) is 12.1 Å². The number of carboxylic acids is 1. The summed E-state index contributed by atoms with van der Waals surface area (Å²) >= 11 is 1.51. The average molecular weight is 295 g/mol. The fraction of sp³-hybridized carbons (Fsp3) is 0.462.